The van der Waals surface area contributed by atoms with E-state index in [1.165, 1.54) is 22.2 Å². The number of hydrogen-bond acceptors (Lipinski definition) is 2. The van der Waals surface area contributed by atoms with Crippen molar-refractivity contribution >= 4 is 39.2 Å². The molecule has 116 valence electrons. The van der Waals surface area contributed by atoms with Crippen LogP contribution in [0.4, 0.5) is 0 Å². The number of likely N-dealkylation sites (N-methyl/N-ethyl adjacent to an activating group) is 1. The van der Waals surface area contributed by atoms with Crippen LogP contribution in [-0.4, -0.2) is 41.3 Å². The number of halogens is 2. The quantitative estimate of drug-likeness (QED) is 0.832. The van der Waals surface area contributed by atoms with Crippen molar-refractivity contribution < 1.29 is 5.11 Å². The predicted molar refractivity (Wildman–Crippen MR) is 93.3 cm³/mol. The molecule has 0 radical (unpaired) electrons. The molecule has 0 saturated carbocycles. The van der Waals surface area contributed by atoms with Gasteiger partial charge in [-0.2, -0.15) is 0 Å². The number of fused-ring (bicyclic) bond motifs is 3. The van der Waals surface area contributed by atoms with E-state index in [4.69, 9.17) is 0 Å². The zero-order valence-corrected chi connectivity index (χ0v) is 14.9. The van der Waals surface area contributed by atoms with Gasteiger partial charge in [-0.15, -0.1) is 12.4 Å². The first-order valence-corrected chi connectivity index (χ1v) is 7.94. The van der Waals surface area contributed by atoms with Gasteiger partial charge < -0.3 is 14.6 Å². The smallest absolute Gasteiger partial charge is 0.0483 e. The van der Waals surface area contributed by atoms with E-state index >= 15 is 0 Å². The van der Waals surface area contributed by atoms with Gasteiger partial charge in [-0.25, -0.2) is 0 Å². The van der Waals surface area contributed by atoms with E-state index < -0.39 is 0 Å². The molecule has 1 aromatic heterocycles. The van der Waals surface area contributed by atoms with Crippen molar-refractivity contribution in [3.05, 3.63) is 33.9 Å². The molecule has 1 N–H and O–H groups in total. The highest BCUT2D eigenvalue weighted by molar-refractivity contribution is 9.10. The molecule has 1 atom stereocenters. The summed E-state index contributed by atoms with van der Waals surface area (Å²) in [5.74, 6) is 0.323. The van der Waals surface area contributed by atoms with Gasteiger partial charge >= 0.3 is 0 Å². The lowest BCUT2D eigenvalue weighted by Crippen LogP contribution is -2.33. The molecule has 1 unspecified atom stereocenters. The molecule has 1 aromatic carbocycles. The van der Waals surface area contributed by atoms with Crippen molar-refractivity contribution in [3.8, 4) is 0 Å². The fraction of sp³-hybridized carbons (Fsp3) is 0.500. The Morgan fingerprint density at radius 1 is 1.33 bits per heavy atom. The monoisotopic (exact) mass is 372 g/mol. The fourth-order valence-electron chi connectivity index (χ4n) is 3.40. The largest absolute Gasteiger partial charge is 0.396 e. The molecule has 0 aliphatic carbocycles. The molecule has 3 rings (SSSR count). The van der Waals surface area contributed by atoms with Crippen LogP contribution < -0.4 is 0 Å². The Hall–Kier alpha value is -0.550. The Kier molecular flexibility index (Phi) is 5.36. The molecule has 0 fully saturated rings. The molecular formula is C16H22BrClN2O. The summed E-state index contributed by atoms with van der Waals surface area (Å²) >= 11 is 3.58. The SMILES string of the molecule is CN1CCc2c(c3cc(Br)ccc3n2C)CC(CO)C1.Cl. The normalized spacial score (nSPS) is 19.7. The zero-order chi connectivity index (χ0) is 14.3. The third-order valence-corrected chi connectivity index (χ3v) is 4.94. The van der Waals surface area contributed by atoms with Crippen LogP contribution in [0.2, 0.25) is 0 Å². The Bertz CT molecular complexity index is 641. The number of aliphatic hydroxyl groups is 1. The summed E-state index contributed by atoms with van der Waals surface area (Å²) in [5.41, 5.74) is 4.14. The van der Waals surface area contributed by atoms with Crippen LogP contribution in [0.15, 0.2) is 22.7 Å². The molecule has 1 aliphatic heterocycles. The third-order valence-electron chi connectivity index (χ3n) is 4.45. The maximum absolute atomic E-state index is 9.64. The first kappa shape index (κ1) is 16.8. The molecule has 5 heteroatoms. The predicted octanol–water partition coefficient (Wildman–Crippen LogP) is 3.00. The van der Waals surface area contributed by atoms with Crippen molar-refractivity contribution in [2.75, 3.05) is 26.7 Å². The summed E-state index contributed by atoms with van der Waals surface area (Å²) in [6, 6.07) is 6.50. The number of benzene rings is 1. The van der Waals surface area contributed by atoms with E-state index in [0.717, 1.165) is 30.4 Å². The first-order chi connectivity index (χ1) is 9.60. The fourth-order valence-corrected chi connectivity index (χ4v) is 3.76. The van der Waals surface area contributed by atoms with Gasteiger partial charge in [0.25, 0.3) is 0 Å². The van der Waals surface area contributed by atoms with Gasteiger partial charge in [-0.3, -0.25) is 0 Å². The molecule has 2 aromatic rings. The first-order valence-electron chi connectivity index (χ1n) is 7.15. The van der Waals surface area contributed by atoms with Crippen LogP contribution in [0.5, 0.6) is 0 Å². The van der Waals surface area contributed by atoms with Gasteiger partial charge in [0.1, 0.15) is 0 Å². The second-order valence-corrected chi connectivity index (χ2v) is 6.83. The van der Waals surface area contributed by atoms with Crippen LogP contribution in [0.3, 0.4) is 0 Å². The number of hydrogen-bond donors (Lipinski definition) is 1. The lowest BCUT2D eigenvalue weighted by molar-refractivity contribution is 0.176. The Labute approximate surface area is 140 Å². The van der Waals surface area contributed by atoms with E-state index in [-0.39, 0.29) is 19.0 Å². The highest BCUT2D eigenvalue weighted by atomic mass is 79.9. The van der Waals surface area contributed by atoms with Crippen LogP contribution in [0.1, 0.15) is 11.3 Å². The summed E-state index contributed by atoms with van der Waals surface area (Å²) in [4.78, 5) is 2.33. The molecule has 0 amide bonds. The summed E-state index contributed by atoms with van der Waals surface area (Å²) < 4.78 is 3.45. The lowest BCUT2D eigenvalue weighted by atomic mass is 9.94. The van der Waals surface area contributed by atoms with Gasteiger partial charge in [0.2, 0.25) is 0 Å². The Balaban J connectivity index is 0.00000161. The zero-order valence-electron chi connectivity index (χ0n) is 12.5. The Morgan fingerprint density at radius 3 is 2.81 bits per heavy atom. The summed E-state index contributed by atoms with van der Waals surface area (Å²) in [6.45, 7) is 2.28. The highest BCUT2D eigenvalue weighted by Crippen LogP contribution is 2.31. The van der Waals surface area contributed by atoms with Crippen LogP contribution in [-0.2, 0) is 19.9 Å². The van der Waals surface area contributed by atoms with Crippen molar-refractivity contribution in [1.29, 1.82) is 0 Å². The van der Waals surface area contributed by atoms with Gasteiger partial charge in [-0.1, -0.05) is 15.9 Å². The lowest BCUT2D eigenvalue weighted by Gasteiger charge is -2.26. The Morgan fingerprint density at radius 2 is 2.10 bits per heavy atom. The van der Waals surface area contributed by atoms with Crippen molar-refractivity contribution in [2.24, 2.45) is 13.0 Å². The molecule has 2 heterocycles. The second kappa shape index (κ2) is 6.69. The minimum Gasteiger partial charge on any atom is -0.396 e. The van der Waals surface area contributed by atoms with E-state index in [0.29, 0.717) is 5.92 Å². The maximum Gasteiger partial charge on any atom is 0.0483 e. The number of aliphatic hydroxyl groups excluding tert-OH is 1. The van der Waals surface area contributed by atoms with Crippen LogP contribution in [0.25, 0.3) is 10.9 Å². The van der Waals surface area contributed by atoms with Crippen molar-refractivity contribution in [1.82, 2.24) is 9.47 Å². The summed E-state index contributed by atoms with van der Waals surface area (Å²) in [5, 5.41) is 11.0. The van der Waals surface area contributed by atoms with E-state index in [1.807, 2.05) is 0 Å². The van der Waals surface area contributed by atoms with E-state index in [1.54, 1.807) is 0 Å². The molecule has 0 spiro atoms. The van der Waals surface area contributed by atoms with Crippen LogP contribution >= 0.6 is 28.3 Å². The van der Waals surface area contributed by atoms with Crippen LogP contribution in [0, 0.1) is 5.92 Å². The van der Waals surface area contributed by atoms with E-state index in [2.05, 4.69) is 57.7 Å². The highest BCUT2D eigenvalue weighted by Gasteiger charge is 2.22. The average Bonchev–Trinajstić information content (AvgIpc) is 2.65. The number of aryl methyl sites for hydroxylation is 1. The van der Waals surface area contributed by atoms with E-state index in [9.17, 15) is 5.11 Å². The summed E-state index contributed by atoms with van der Waals surface area (Å²) in [7, 11) is 4.30. The number of aromatic nitrogens is 1. The average molecular weight is 374 g/mol. The second-order valence-electron chi connectivity index (χ2n) is 5.91. The minimum atomic E-state index is 0. The van der Waals surface area contributed by atoms with Crippen molar-refractivity contribution in [2.45, 2.75) is 12.8 Å². The van der Waals surface area contributed by atoms with Gasteiger partial charge in [0.15, 0.2) is 0 Å². The number of rotatable bonds is 1. The van der Waals surface area contributed by atoms with Gasteiger partial charge in [0.05, 0.1) is 0 Å². The third kappa shape index (κ3) is 3.14. The molecular weight excluding hydrogens is 352 g/mol. The van der Waals surface area contributed by atoms with Crippen molar-refractivity contribution in [3.63, 3.8) is 0 Å². The minimum absolute atomic E-state index is 0. The standard InChI is InChI=1S/C16H21BrN2O.ClH/c1-18-6-5-16-13(7-11(9-18)10-20)14-8-12(17)3-4-15(14)19(16)2;/h3-4,8,11,20H,5-7,9-10H2,1-2H3;1H. The summed E-state index contributed by atoms with van der Waals surface area (Å²) in [6.07, 6.45) is 2.04. The molecule has 21 heavy (non-hydrogen) atoms. The molecule has 0 saturated heterocycles. The number of nitrogens with zero attached hydrogens (tertiary/aromatic N) is 2. The van der Waals surface area contributed by atoms with Gasteiger partial charge in [0, 0.05) is 54.2 Å². The molecule has 3 nitrogen and oxygen atoms in total. The maximum atomic E-state index is 9.64. The molecule has 1 aliphatic rings. The molecule has 0 bridgehead atoms. The van der Waals surface area contributed by atoms with Gasteiger partial charge in [-0.05, 0) is 43.1 Å². The topological polar surface area (TPSA) is 28.4 Å².